The first-order valence-corrected chi connectivity index (χ1v) is 6.61. The zero-order chi connectivity index (χ0) is 14.5. The van der Waals surface area contributed by atoms with E-state index in [1.807, 2.05) is 13.1 Å². The number of aromatic nitrogens is 1. The highest BCUT2D eigenvalue weighted by atomic mass is 79.9. The summed E-state index contributed by atoms with van der Waals surface area (Å²) in [6, 6.07) is 8.17. The summed E-state index contributed by atoms with van der Waals surface area (Å²) >= 11 is 3.25. The van der Waals surface area contributed by atoms with Gasteiger partial charge >= 0.3 is 5.69 Å². The van der Waals surface area contributed by atoms with Gasteiger partial charge in [0, 0.05) is 24.9 Å². The fourth-order valence-corrected chi connectivity index (χ4v) is 2.06. The van der Waals surface area contributed by atoms with Crippen LogP contribution in [0.3, 0.4) is 0 Å². The van der Waals surface area contributed by atoms with Gasteiger partial charge < -0.3 is 10.1 Å². The molecule has 0 saturated carbocycles. The summed E-state index contributed by atoms with van der Waals surface area (Å²) in [6.07, 6.45) is 1.66. The molecule has 0 atom stereocenters. The average molecular weight is 338 g/mol. The molecule has 0 saturated heterocycles. The van der Waals surface area contributed by atoms with E-state index in [-0.39, 0.29) is 11.4 Å². The second-order valence-electron chi connectivity index (χ2n) is 3.98. The van der Waals surface area contributed by atoms with Gasteiger partial charge in [0.1, 0.15) is 0 Å². The molecular weight excluding hydrogens is 326 g/mol. The second kappa shape index (κ2) is 6.44. The summed E-state index contributed by atoms with van der Waals surface area (Å²) in [5.41, 5.74) is 0.891. The Bertz CT molecular complexity index is 617. The van der Waals surface area contributed by atoms with Gasteiger partial charge in [-0.2, -0.15) is 0 Å². The molecular formula is C13H12BrN3O3. The van der Waals surface area contributed by atoms with Crippen LogP contribution in [0.1, 0.15) is 5.56 Å². The first kappa shape index (κ1) is 14.4. The number of hydrogen-bond acceptors (Lipinski definition) is 5. The quantitative estimate of drug-likeness (QED) is 0.669. The van der Waals surface area contributed by atoms with Crippen LogP contribution in [-0.2, 0) is 6.54 Å². The lowest BCUT2D eigenvalue weighted by Gasteiger charge is -2.07. The summed E-state index contributed by atoms with van der Waals surface area (Å²) in [6.45, 7) is 0.697. The lowest BCUT2D eigenvalue weighted by molar-refractivity contribution is -0.385. The number of nitro groups is 1. The van der Waals surface area contributed by atoms with Gasteiger partial charge in [0.25, 0.3) is 0 Å². The van der Waals surface area contributed by atoms with Crippen molar-refractivity contribution in [2.75, 3.05) is 7.05 Å². The number of nitrogens with zero attached hydrogens (tertiary/aromatic N) is 2. The Labute approximate surface area is 124 Å². The van der Waals surface area contributed by atoms with Crippen LogP contribution in [0.4, 0.5) is 5.69 Å². The monoisotopic (exact) mass is 337 g/mol. The molecule has 0 unspecified atom stereocenters. The number of pyridine rings is 1. The van der Waals surface area contributed by atoms with Gasteiger partial charge in [0.2, 0.25) is 11.6 Å². The van der Waals surface area contributed by atoms with Gasteiger partial charge in [-0.25, -0.2) is 4.98 Å². The second-order valence-corrected chi connectivity index (χ2v) is 4.84. The number of para-hydroxylation sites is 1. The van der Waals surface area contributed by atoms with Gasteiger partial charge in [-0.05, 0) is 34.6 Å². The van der Waals surface area contributed by atoms with E-state index in [9.17, 15) is 10.1 Å². The fourth-order valence-electron chi connectivity index (χ4n) is 1.63. The first-order valence-electron chi connectivity index (χ1n) is 5.82. The number of hydrogen-bond donors (Lipinski definition) is 1. The molecule has 7 heteroatoms. The lowest BCUT2D eigenvalue weighted by Crippen LogP contribution is -2.05. The van der Waals surface area contributed by atoms with Crippen LogP contribution >= 0.6 is 15.9 Å². The summed E-state index contributed by atoms with van der Waals surface area (Å²) < 4.78 is 6.02. The molecule has 0 aliphatic carbocycles. The highest BCUT2D eigenvalue weighted by molar-refractivity contribution is 9.10. The summed E-state index contributed by atoms with van der Waals surface area (Å²) in [4.78, 5) is 14.6. The minimum Gasteiger partial charge on any atom is -0.431 e. The molecule has 0 fully saturated rings. The van der Waals surface area contributed by atoms with Crippen molar-refractivity contribution < 1.29 is 9.66 Å². The van der Waals surface area contributed by atoms with Crippen LogP contribution in [0.2, 0.25) is 0 Å². The van der Waals surface area contributed by atoms with Crippen LogP contribution in [0.5, 0.6) is 11.6 Å². The van der Waals surface area contributed by atoms with E-state index in [1.54, 1.807) is 24.4 Å². The molecule has 0 aliphatic heterocycles. The standard InChI is InChI=1S/C13H12BrN3O3/c1-15-7-9-5-6-12(16-8-9)20-13-10(14)3-2-4-11(13)17(18)19/h2-6,8,15H,7H2,1H3. The van der Waals surface area contributed by atoms with Gasteiger partial charge in [0.05, 0.1) is 9.40 Å². The molecule has 0 amide bonds. The van der Waals surface area contributed by atoms with Crippen molar-refractivity contribution in [3.8, 4) is 11.6 Å². The van der Waals surface area contributed by atoms with E-state index in [2.05, 4.69) is 26.2 Å². The molecule has 1 aromatic carbocycles. The van der Waals surface area contributed by atoms with Gasteiger partial charge in [0.15, 0.2) is 0 Å². The molecule has 6 nitrogen and oxygen atoms in total. The third kappa shape index (κ3) is 3.31. The third-order valence-electron chi connectivity index (χ3n) is 2.53. The molecule has 2 aromatic rings. The zero-order valence-electron chi connectivity index (χ0n) is 10.7. The van der Waals surface area contributed by atoms with E-state index in [0.717, 1.165) is 5.56 Å². The van der Waals surface area contributed by atoms with Crippen molar-refractivity contribution in [3.05, 3.63) is 56.7 Å². The molecule has 0 spiro atoms. The molecule has 2 rings (SSSR count). The van der Waals surface area contributed by atoms with Crippen LogP contribution in [0, 0.1) is 10.1 Å². The highest BCUT2D eigenvalue weighted by Crippen LogP contribution is 2.37. The summed E-state index contributed by atoms with van der Waals surface area (Å²) in [5, 5.41) is 14.0. The molecule has 1 heterocycles. The summed E-state index contributed by atoms with van der Waals surface area (Å²) in [7, 11) is 1.84. The molecule has 104 valence electrons. The minimum absolute atomic E-state index is 0.111. The normalized spacial score (nSPS) is 10.3. The van der Waals surface area contributed by atoms with E-state index in [1.165, 1.54) is 6.07 Å². The predicted octanol–water partition coefficient (Wildman–Crippen LogP) is 3.26. The average Bonchev–Trinajstić information content (AvgIpc) is 2.43. The molecule has 20 heavy (non-hydrogen) atoms. The van der Waals surface area contributed by atoms with E-state index in [0.29, 0.717) is 16.9 Å². The maximum Gasteiger partial charge on any atom is 0.312 e. The topological polar surface area (TPSA) is 77.3 Å². The van der Waals surface area contributed by atoms with Crippen LogP contribution in [0.15, 0.2) is 41.0 Å². The minimum atomic E-state index is -0.491. The maximum absolute atomic E-state index is 11.0. The largest absolute Gasteiger partial charge is 0.431 e. The SMILES string of the molecule is CNCc1ccc(Oc2c(Br)cccc2[N+](=O)[O-])nc1. The summed E-state index contributed by atoms with van der Waals surface area (Å²) in [5.74, 6) is 0.450. The maximum atomic E-state index is 11.0. The third-order valence-corrected chi connectivity index (χ3v) is 3.15. The number of halogens is 1. The highest BCUT2D eigenvalue weighted by Gasteiger charge is 2.19. The van der Waals surface area contributed by atoms with Crippen LogP contribution < -0.4 is 10.1 Å². The fraction of sp³-hybridized carbons (Fsp3) is 0.154. The Balaban J connectivity index is 2.27. The van der Waals surface area contributed by atoms with Crippen LogP contribution in [-0.4, -0.2) is 17.0 Å². The van der Waals surface area contributed by atoms with Crippen LogP contribution in [0.25, 0.3) is 0 Å². The molecule has 0 radical (unpaired) electrons. The number of ether oxygens (including phenoxy) is 1. The van der Waals surface area contributed by atoms with Crippen molar-refractivity contribution in [2.24, 2.45) is 0 Å². The Morgan fingerprint density at radius 1 is 1.40 bits per heavy atom. The number of nitro benzene ring substituents is 1. The molecule has 1 aromatic heterocycles. The van der Waals surface area contributed by atoms with Crippen molar-refractivity contribution in [3.63, 3.8) is 0 Å². The van der Waals surface area contributed by atoms with E-state index < -0.39 is 4.92 Å². The number of benzene rings is 1. The Hall–Kier alpha value is -1.99. The smallest absolute Gasteiger partial charge is 0.312 e. The zero-order valence-corrected chi connectivity index (χ0v) is 12.3. The Morgan fingerprint density at radius 3 is 2.80 bits per heavy atom. The first-order chi connectivity index (χ1) is 9.61. The predicted molar refractivity (Wildman–Crippen MR) is 77.9 cm³/mol. The number of rotatable bonds is 5. The molecule has 0 bridgehead atoms. The Morgan fingerprint density at radius 2 is 2.20 bits per heavy atom. The van der Waals surface area contributed by atoms with Crippen molar-refractivity contribution >= 4 is 21.6 Å². The lowest BCUT2D eigenvalue weighted by atomic mass is 10.3. The number of nitrogens with one attached hydrogen (secondary N) is 1. The van der Waals surface area contributed by atoms with Gasteiger partial charge in [-0.15, -0.1) is 0 Å². The van der Waals surface area contributed by atoms with Gasteiger partial charge in [-0.3, -0.25) is 10.1 Å². The van der Waals surface area contributed by atoms with Crippen molar-refractivity contribution in [1.29, 1.82) is 0 Å². The Kier molecular flexibility index (Phi) is 4.65. The van der Waals surface area contributed by atoms with E-state index >= 15 is 0 Å². The van der Waals surface area contributed by atoms with Crippen molar-refractivity contribution in [2.45, 2.75) is 6.54 Å². The molecule has 0 aliphatic rings. The van der Waals surface area contributed by atoms with E-state index in [4.69, 9.17) is 4.74 Å². The molecule has 1 N–H and O–H groups in total. The van der Waals surface area contributed by atoms with Gasteiger partial charge in [-0.1, -0.05) is 12.1 Å². The van der Waals surface area contributed by atoms with Crippen molar-refractivity contribution in [1.82, 2.24) is 10.3 Å².